The Morgan fingerprint density at radius 2 is 1.95 bits per heavy atom. The third-order valence-corrected chi connectivity index (χ3v) is 4.68. The molecule has 0 atom stereocenters. The maximum atomic E-state index is 11.9. The molecule has 3 rings (SSSR count). The van der Waals surface area contributed by atoms with E-state index in [9.17, 15) is 4.79 Å². The summed E-state index contributed by atoms with van der Waals surface area (Å²) in [4.78, 5) is 11.9. The molecule has 1 fully saturated rings. The predicted octanol–water partition coefficient (Wildman–Crippen LogP) is 3.40. The molecule has 0 saturated heterocycles. The zero-order chi connectivity index (χ0) is 14.1. The lowest BCUT2D eigenvalue weighted by Gasteiger charge is -2.22. The minimum absolute atomic E-state index is 0.299. The van der Waals surface area contributed by atoms with Crippen LogP contribution in [0.25, 0.3) is 10.9 Å². The average molecular weight is 270 g/mol. The van der Waals surface area contributed by atoms with Crippen LogP contribution in [0.2, 0.25) is 0 Å². The Bertz CT molecular complexity index is 636. The summed E-state index contributed by atoms with van der Waals surface area (Å²) >= 11 is 0. The van der Waals surface area contributed by atoms with Crippen LogP contribution in [0, 0.1) is 5.92 Å². The highest BCUT2D eigenvalue weighted by atomic mass is 16.1. The zero-order valence-corrected chi connectivity index (χ0v) is 12.1. The lowest BCUT2D eigenvalue weighted by molar-refractivity contribution is 0.100. The molecule has 1 aromatic heterocycles. The van der Waals surface area contributed by atoms with E-state index in [0.717, 1.165) is 28.6 Å². The minimum atomic E-state index is -0.299. The first-order valence-corrected chi connectivity index (χ1v) is 7.54. The topological polar surface area (TPSA) is 48.0 Å². The summed E-state index contributed by atoms with van der Waals surface area (Å²) in [6.07, 6.45) is 7.53. The van der Waals surface area contributed by atoms with Gasteiger partial charge in [0.25, 0.3) is 5.91 Å². The SMILES string of the molecule is Cn1c(CC2CCCCC2)c(C(N)=O)c2ccccc21. The molecule has 1 amide bonds. The highest BCUT2D eigenvalue weighted by molar-refractivity contribution is 6.07. The van der Waals surface area contributed by atoms with Crippen molar-refractivity contribution in [1.82, 2.24) is 4.57 Å². The molecule has 2 N–H and O–H groups in total. The van der Waals surface area contributed by atoms with Crippen LogP contribution < -0.4 is 5.73 Å². The van der Waals surface area contributed by atoms with Gasteiger partial charge in [-0.05, 0) is 18.4 Å². The second-order valence-electron chi connectivity index (χ2n) is 5.97. The molecule has 1 saturated carbocycles. The summed E-state index contributed by atoms with van der Waals surface area (Å²) in [5.74, 6) is 0.400. The van der Waals surface area contributed by atoms with E-state index in [4.69, 9.17) is 5.73 Å². The predicted molar refractivity (Wildman–Crippen MR) is 81.7 cm³/mol. The number of nitrogens with zero attached hydrogens (tertiary/aromatic N) is 1. The number of rotatable bonds is 3. The molecule has 0 aliphatic heterocycles. The highest BCUT2D eigenvalue weighted by Gasteiger charge is 2.22. The summed E-state index contributed by atoms with van der Waals surface area (Å²) in [6.45, 7) is 0. The van der Waals surface area contributed by atoms with Crippen LogP contribution in [0.3, 0.4) is 0 Å². The van der Waals surface area contributed by atoms with E-state index < -0.39 is 0 Å². The van der Waals surface area contributed by atoms with Gasteiger partial charge in [-0.25, -0.2) is 0 Å². The molecular weight excluding hydrogens is 248 g/mol. The van der Waals surface area contributed by atoms with Crippen LogP contribution >= 0.6 is 0 Å². The fourth-order valence-corrected chi connectivity index (χ4v) is 3.62. The average Bonchev–Trinajstić information content (AvgIpc) is 2.74. The van der Waals surface area contributed by atoms with E-state index in [-0.39, 0.29) is 5.91 Å². The van der Waals surface area contributed by atoms with Crippen LogP contribution in [0.4, 0.5) is 0 Å². The number of carbonyl (C=O) groups excluding carboxylic acids is 1. The monoisotopic (exact) mass is 270 g/mol. The number of aryl methyl sites for hydroxylation is 1. The normalized spacial score (nSPS) is 16.6. The molecule has 3 nitrogen and oxygen atoms in total. The molecule has 0 radical (unpaired) electrons. The first-order chi connectivity index (χ1) is 9.68. The van der Waals surface area contributed by atoms with Gasteiger partial charge in [-0.15, -0.1) is 0 Å². The standard InChI is InChI=1S/C17H22N2O/c1-19-14-10-6-5-9-13(14)16(17(18)20)15(19)11-12-7-3-2-4-8-12/h5-6,9-10,12H,2-4,7-8,11H2,1H3,(H2,18,20). The summed E-state index contributed by atoms with van der Waals surface area (Å²) in [7, 11) is 2.05. The van der Waals surface area contributed by atoms with Gasteiger partial charge in [-0.2, -0.15) is 0 Å². The maximum absolute atomic E-state index is 11.9. The number of nitrogens with two attached hydrogens (primary N) is 1. The van der Waals surface area contributed by atoms with E-state index in [1.165, 1.54) is 32.1 Å². The van der Waals surface area contributed by atoms with Crippen LogP contribution in [0.15, 0.2) is 24.3 Å². The van der Waals surface area contributed by atoms with Gasteiger partial charge in [0.1, 0.15) is 0 Å². The van der Waals surface area contributed by atoms with Crippen LogP contribution in [-0.2, 0) is 13.5 Å². The van der Waals surface area contributed by atoms with Gasteiger partial charge in [-0.3, -0.25) is 4.79 Å². The van der Waals surface area contributed by atoms with Crippen molar-refractivity contribution in [3.05, 3.63) is 35.5 Å². The van der Waals surface area contributed by atoms with Crippen LogP contribution in [0.1, 0.15) is 48.2 Å². The molecule has 20 heavy (non-hydrogen) atoms. The first-order valence-electron chi connectivity index (χ1n) is 7.54. The number of hydrogen-bond acceptors (Lipinski definition) is 1. The molecular formula is C17H22N2O. The molecule has 106 valence electrons. The van der Waals surface area contributed by atoms with Crippen molar-refractivity contribution in [2.45, 2.75) is 38.5 Å². The minimum Gasteiger partial charge on any atom is -0.366 e. The van der Waals surface area contributed by atoms with Gasteiger partial charge in [0.2, 0.25) is 0 Å². The Morgan fingerprint density at radius 3 is 2.65 bits per heavy atom. The largest absolute Gasteiger partial charge is 0.366 e. The molecule has 0 bridgehead atoms. The van der Waals surface area contributed by atoms with E-state index in [0.29, 0.717) is 5.92 Å². The van der Waals surface area contributed by atoms with Crippen molar-refractivity contribution < 1.29 is 4.79 Å². The summed E-state index contributed by atoms with van der Waals surface area (Å²) in [5, 5.41) is 0.994. The Labute approximate surface area is 119 Å². The number of para-hydroxylation sites is 1. The Morgan fingerprint density at radius 1 is 1.25 bits per heavy atom. The van der Waals surface area contributed by atoms with Gasteiger partial charge >= 0.3 is 0 Å². The molecule has 0 spiro atoms. The van der Waals surface area contributed by atoms with Gasteiger partial charge < -0.3 is 10.3 Å². The summed E-state index contributed by atoms with van der Waals surface area (Å²) < 4.78 is 2.16. The second kappa shape index (κ2) is 5.31. The zero-order valence-electron chi connectivity index (χ0n) is 12.1. The van der Waals surface area contributed by atoms with Crippen molar-refractivity contribution in [2.24, 2.45) is 18.7 Å². The number of primary amides is 1. The highest BCUT2D eigenvalue weighted by Crippen LogP contribution is 2.31. The second-order valence-corrected chi connectivity index (χ2v) is 5.97. The van der Waals surface area contributed by atoms with E-state index in [2.05, 4.69) is 10.6 Å². The van der Waals surface area contributed by atoms with Crippen LogP contribution in [-0.4, -0.2) is 10.5 Å². The Kier molecular flexibility index (Phi) is 3.51. The number of amides is 1. The number of benzene rings is 1. The quantitative estimate of drug-likeness (QED) is 0.913. The van der Waals surface area contributed by atoms with Crippen molar-refractivity contribution in [2.75, 3.05) is 0 Å². The molecule has 3 heteroatoms. The molecule has 2 aromatic rings. The molecule has 1 aliphatic carbocycles. The van der Waals surface area contributed by atoms with Crippen molar-refractivity contribution >= 4 is 16.8 Å². The van der Waals surface area contributed by atoms with Gasteiger partial charge in [0.05, 0.1) is 5.56 Å². The summed E-state index contributed by atoms with van der Waals surface area (Å²) in [6, 6.07) is 8.04. The van der Waals surface area contributed by atoms with E-state index in [1.807, 2.05) is 25.2 Å². The van der Waals surface area contributed by atoms with E-state index >= 15 is 0 Å². The first kappa shape index (κ1) is 13.2. The third kappa shape index (κ3) is 2.21. The molecule has 1 aliphatic rings. The van der Waals surface area contributed by atoms with Crippen LogP contribution in [0.5, 0.6) is 0 Å². The number of hydrogen-bond donors (Lipinski definition) is 1. The molecule has 1 aromatic carbocycles. The molecule has 0 unspecified atom stereocenters. The lowest BCUT2D eigenvalue weighted by atomic mass is 9.85. The smallest absolute Gasteiger partial charge is 0.251 e. The summed E-state index contributed by atoms with van der Waals surface area (Å²) in [5.41, 5.74) is 8.60. The van der Waals surface area contributed by atoms with Gasteiger partial charge in [0.15, 0.2) is 0 Å². The van der Waals surface area contributed by atoms with Crippen molar-refractivity contribution in [3.8, 4) is 0 Å². The van der Waals surface area contributed by atoms with Crippen molar-refractivity contribution in [3.63, 3.8) is 0 Å². The molecule has 1 heterocycles. The number of carbonyl (C=O) groups is 1. The van der Waals surface area contributed by atoms with Crippen molar-refractivity contribution in [1.29, 1.82) is 0 Å². The van der Waals surface area contributed by atoms with E-state index in [1.54, 1.807) is 0 Å². The number of fused-ring (bicyclic) bond motifs is 1. The van der Waals surface area contributed by atoms with Gasteiger partial charge in [0, 0.05) is 23.6 Å². The maximum Gasteiger partial charge on any atom is 0.251 e. The third-order valence-electron chi connectivity index (χ3n) is 4.68. The fourth-order valence-electron chi connectivity index (χ4n) is 3.62. The fraction of sp³-hybridized carbons (Fsp3) is 0.471. The number of aromatic nitrogens is 1. The Hall–Kier alpha value is -1.77. The lowest BCUT2D eigenvalue weighted by Crippen LogP contribution is -2.17. The van der Waals surface area contributed by atoms with Gasteiger partial charge in [-0.1, -0.05) is 50.3 Å². The Balaban J connectivity index is 2.06.